The molecule has 4 heterocycles. The van der Waals surface area contributed by atoms with Gasteiger partial charge in [-0.05, 0) is 24.3 Å². The Morgan fingerprint density at radius 1 is 0.964 bits per heavy atom. The quantitative estimate of drug-likeness (QED) is 0.482. The molecule has 0 fully saturated rings. The van der Waals surface area contributed by atoms with Crippen LogP contribution in [-0.4, -0.2) is 28.7 Å². The van der Waals surface area contributed by atoms with Crippen molar-refractivity contribution in [3.8, 4) is 5.69 Å². The van der Waals surface area contributed by atoms with Crippen LogP contribution in [0.5, 0.6) is 0 Å². The molecule has 0 amide bonds. The molecule has 0 saturated carbocycles. The predicted octanol–water partition coefficient (Wildman–Crippen LogP) is 1.64. The lowest BCUT2D eigenvalue weighted by Crippen LogP contribution is -2.23. The van der Waals surface area contributed by atoms with E-state index < -0.39 is 0 Å². The van der Waals surface area contributed by atoms with Crippen molar-refractivity contribution in [1.29, 1.82) is 0 Å². The monoisotopic (exact) mass is 370 g/mol. The highest BCUT2D eigenvalue weighted by molar-refractivity contribution is 5.74. The fourth-order valence-electron chi connectivity index (χ4n) is 3.18. The van der Waals surface area contributed by atoms with E-state index in [2.05, 4.69) is 15.1 Å². The first-order chi connectivity index (χ1) is 13.7. The van der Waals surface area contributed by atoms with Crippen LogP contribution >= 0.6 is 0 Å². The number of fused-ring (bicyclic) bond motifs is 2. The van der Waals surface area contributed by atoms with E-state index in [1.54, 1.807) is 23.0 Å². The van der Waals surface area contributed by atoms with Gasteiger partial charge in [0.2, 0.25) is 0 Å². The third-order valence-corrected chi connectivity index (χ3v) is 4.51. The second kappa shape index (κ2) is 6.27. The summed E-state index contributed by atoms with van der Waals surface area (Å²) in [5.74, 6) is 0. The van der Waals surface area contributed by atoms with Crippen molar-refractivity contribution in [2.75, 3.05) is 0 Å². The Labute approximate surface area is 158 Å². The van der Waals surface area contributed by atoms with Gasteiger partial charge in [0.05, 0.1) is 24.1 Å². The van der Waals surface area contributed by atoms with Crippen LogP contribution in [0.15, 0.2) is 82.9 Å². The number of nitrogens with zero attached hydrogens (tertiary/aromatic N) is 6. The predicted molar refractivity (Wildman–Crippen MR) is 104 cm³/mol. The van der Waals surface area contributed by atoms with Gasteiger partial charge in [-0.2, -0.15) is 5.10 Å². The fraction of sp³-hybridized carbons (Fsp3) is 0.0500. The average molecular weight is 370 g/mol. The van der Waals surface area contributed by atoms with Gasteiger partial charge in [0.25, 0.3) is 11.1 Å². The van der Waals surface area contributed by atoms with Gasteiger partial charge in [0, 0.05) is 12.3 Å². The zero-order valence-electron chi connectivity index (χ0n) is 14.6. The van der Waals surface area contributed by atoms with Gasteiger partial charge in [-0.1, -0.05) is 24.3 Å². The Kier molecular flexibility index (Phi) is 3.61. The van der Waals surface area contributed by atoms with E-state index >= 15 is 0 Å². The Bertz CT molecular complexity index is 1430. The Morgan fingerprint density at radius 3 is 2.64 bits per heavy atom. The molecule has 1 aromatic carbocycles. The van der Waals surface area contributed by atoms with Crippen molar-refractivity contribution in [3.63, 3.8) is 0 Å². The maximum Gasteiger partial charge on any atom is 0.264 e. The molecule has 0 aliphatic heterocycles. The molecule has 0 spiro atoms. The molecule has 0 radical (unpaired) electrons. The normalized spacial score (nSPS) is 11.3. The first-order valence-electron chi connectivity index (χ1n) is 8.67. The SMILES string of the molecule is O=c1c2cnn(-c3ccccc3)c2ncn1Cc1cc(=O)n2ccccc2n1. The number of hydrogen-bond acceptors (Lipinski definition) is 5. The van der Waals surface area contributed by atoms with Crippen molar-refractivity contribution in [2.45, 2.75) is 6.54 Å². The van der Waals surface area contributed by atoms with Gasteiger partial charge >= 0.3 is 0 Å². The Hall–Kier alpha value is -4.07. The maximum atomic E-state index is 12.9. The molecule has 4 aromatic heterocycles. The summed E-state index contributed by atoms with van der Waals surface area (Å²) in [7, 11) is 0. The molecule has 8 nitrogen and oxygen atoms in total. The van der Waals surface area contributed by atoms with E-state index in [1.165, 1.54) is 27.6 Å². The molecule has 0 unspecified atom stereocenters. The van der Waals surface area contributed by atoms with E-state index in [4.69, 9.17) is 0 Å². The van der Waals surface area contributed by atoms with E-state index in [0.717, 1.165) is 5.69 Å². The minimum Gasteiger partial charge on any atom is -0.292 e. The van der Waals surface area contributed by atoms with Crippen LogP contribution in [0, 0.1) is 0 Å². The Morgan fingerprint density at radius 2 is 1.79 bits per heavy atom. The van der Waals surface area contributed by atoms with Crippen LogP contribution in [-0.2, 0) is 6.54 Å². The van der Waals surface area contributed by atoms with E-state index in [-0.39, 0.29) is 17.7 Å². The van der Waals surface area contributed by atoms with Crippen LogP contribution in [0.2, 0.25) is 0 Å². The molecule has 136 valence electrons. The molecule has 8 heteroatoms. The molecule has 0 atom stereocenters. The first-order valence-corrected chi connectivity index (χ1v) is 8.67. The van der Waals surface area contributed by atoms with Crippen LogP contribution in [0.25, 0.3) is 22.4 Å². The van der Waals surface area contributed by atoms with Crippen molar-refractivity contribution >= 4 is 16.7 Å². The molecule has 0 aliphatic carbocycles. The van der Waals surface area contributed by atoms with Gasteiger partial charge in [0.15, 0.2) is 5.65 Å². The number of pyridine rings is 1. The summed E-state index contributed by atoms with van der Waals surface area (Å²) in [5, 5.41) is 4.71. The van der Waals surface area contributed by atoms with Gasteiger partial charge in [0.1, 0.15) is 17.4 Å². The van der Waals surface area contributed by atoms with Crippen molar-refractivity contribution in [1.82, 2.24) is 28.7 Å². The summed E-state index contributed by atoms with van der Waals surface area (Å²) in [6, 6.07) is 16.2. The molecule has 28 heavy (non-hydrogen) atoms. The molecule has 0 aliphatic rings. The number of rotatable bonds is 3. The van der Waals surface area contributed by atoms with E-state index in [0.29, 0.717) is 22.4 Å². The van der Waals surface area contributed by atoms with Gasteiger partial charge in [-0.25, -0.2) is 14.6 Å². The fourth-order valence-corrected chi connectivity index (χ4v) is 3.18. The minimum atomic E-state index is -0.234. The average Bonchev–Trinajstić information content (AvgIpc) is 3.16. The Balaban J connectivity index is 1.58. The largest absolute Gasteiger partial charge is 0.292 e. The first kappa shape index (κ1) is 16.1. The highest BCUT2D eigenvalue weighted by Gasteiger charge is 2.12. The number of aromatic nitrogens is 6. The third kappa shape index (κ3) is 2.59. The van der Waals surface area contributed by atoms with Crippen molar-refractivity contribution in [2.24, 2.45) is 0 Å². The summed E-state index contributed by atoms with van der Waals surface area (Å²) in [6.07, 6.45) is 4.63. The number of hydrogen-bond donors (Lipinski definition) is 0. The zero-order valence-corrected chi connectivity index (χ0v) is 14.6. The zero-order chi connectivity index (χ0) is 19.1. The summed E-state index contributed by atoms with van der Waals surface area (Å²) in [5.41, 5.74) is 1.91. The number of para-hydroxylation sites is 1. The minimum absolute atomic E-state index is 0.152. The maximum absolute atomic E-state index is 12.9. The van der Waals surface area contributed by atoms with E-state index in [9.17, 15) is 9.59 Å². The van der Waals surface area contributed by atoms with Crippen LogP contribution in [0.4, 0.5) is 0 Å². The molecule has 0 N–H and O–H groups in total. The van der Waals surface area contributed by atoms with Gasteiger partial charge in [-0.15, -0.1) is 0 Å². The molecule has 5 rings (SSSR count). The standard InChI is InChI=1S/C20H14N6O2/c27-18-10-14(23-17-8-4-5-9-25(17)18)12-24-13-21-19-16(20(24)28)11-22-26(19)15-6-2-1-3-7-15/h1-11,13H,12H2. The summed E-state index contributed by atoms with van der Waals surface area (Å²) >= 11 is 0. The molecule has 0 saturated heterocycles. The molecule has 0 bridgehead atoms. The van der Waals surface area contributed by atoms with Gasteiger partial charge < -0.3 is 0 Å². The summed E-state index contributed by atoms with van der Waals surface area (Å²) in [6.45, 7) is 0.152. The topological polar surface area (TPSA) is 87.1 Å². The third-order valence-electron chi connectivity index (χ3n) is 4.51. The molecule has 5 aromatic rings. The second-order valence-corrected chi connectivity index (χ2v) is 6.32. The molecular weight excluding hydrogens is 356 g/mol. The molecular formula is C20H14N6O2. The highest BCUT2D eigenvalue weighted by atomic mass is 16.1. The lowest BCUT2D eigenvalue weighted by atomic mass is 10.3. The number of benzene rings is 1. The van der Waals surface area contributed by atoms with E-state index in [1.807, 2.05) is 36.4 Å². The van der Waals surface area contributed by atoms with Crippen LogP contribution < -0.4 is 11.1 Å². The highest BCUT2D eigenvalue weighted by Crippen LogP contribution is 2.13. The van der Waals surface area contributed by atoms with Crippen molar-refractivity contribution in [3.05, 3.63) is 99.7 Å². The smallest absolute Gasteiger partial charge is 0.264 e. The van der Waals surface area contributed by atoms with Gasteiger partial charge in [-0.3, -0.25) is 18.6 Å². The van der Waals surface area contributed by atoms with Crippen LogP contribution in [0.3, 0.4) is 0 Å². The van der Waals surface area contributed by atoms with Crippen LogP contribution in [0.1, 0.15) is 5.69 Å². The summed E-state index contributed by atoms with van der Waals surface area (Å²) in [4.78, 5) is 34.0. The van der Waals surface area contributed by atoms with Crippen molar-refractivity contribution < 1.29 is 0 Å². The lowest BCUT2D eigenvalue weighted by Gasteiger charge is -2.07. The summed E-state index contributed by atoms with van der Waals surface area (Å²) < 4.78 is 4.51. The lowest BCUT2D eigenvalue weighted by molar-refractivity contribution is 0.724. The second-order valence-electron chi connectivity index (χ2n) is 6.32.